The largest absolute Gasteiger partial charge is 0.496 e. The van der Waals surface area contributed by atoms with Crippen molar-refractivity contribution in [1.29, 1.82) is 0 Å². The summed E-state index contributed by atoms with van der Waals surface area (Å²) in [6.45, 7) is 4.83. The molecule has 2 amide bonds. The number of unbranched alkanes of at least 4 members (excludes halogenated alkanes) is 1. The number of piperidine rings is 1. The number of hydrogen-bond donors (Lipinski definition) is 1. The van der Waals surface area contributed by atoms with E-state index in [9.17, 15) is 9.59 Å². The fraction of sp³-hybridized carbons (Fsp3) is 0.440. The highest BCUT2D eigenvalue weighted by molar-refractivity contribution is 5.95. The highest BCUT2D eigenvalue weighted by atomic mass is 16.5. The lowest BCUT2D eigenvalue weighted by Gasteiger charge is -2.41. The summed E-state index contributed by atoms with van der Waals surface area (Å²) in [6.07, 6.45) is 3.67. The Kier molecular flexibility index (Phi) is 7.50. The lowest BCUT2D eigenvalue weighted by molar-refractivity contribution is -0.142. The van der Waals surface area contributed by atoms with Crippen LogP contribution in [0.3, 0.4) is 0 Å². The summed E-state index contributed by atoms with van der Waals surface area (Å²) in [6, 6.07) is 15.3. The Balaban J connectivity index is 1.97. The van der Waals surface area contributed by atoms with Crippen molar-refractivity contribution in [3.05, 3.63) is 59.7 Å². The number of hydrogen-bond acceptors (Lipinski definition) is 3. The van der Waals surface area contributed by atoms with Gasteiger partial charge in [-0.2, -0.15) is 0 Å². The smallest absolute Gasteiger partial charge is 0.229 e. The van der Waals surface area contributed by atoms with E-state index in [2.05, 4.69) is 19.2 Å². The minimum atomic E-state index is -0.333. The second-order valence-electron chi connectivity index (χ2n) is 7.77. The SMILES string of the molecule is CCCCN1C(=O)CC[C@H](C(=O)Nc2ccccc2CC)[C@H]1c1ccccc1OC. The van der Waals surface area contributed by atoms with Crippen LogP contribution >= 0.6 is 0 Å². The molecule has 1 fully saturated rings. The van der Waals surface area contributed by atoms with Crippen molar-refractivity contribution in [3.8, 4) is 5.75 Å². The minimum Gasteiger partial charge on any atom is -0.496 e. The molecule has 0 saturated carbocycles. The lowest BCUT2D eigenvalue weighted by Crippen LogP contribution is -2.47. The lowest BCUT2D eigenvalue weighted by atomic mass is 9.83. The molecule has 1 aliphatic heterocycles. The van der Waals surface area contributed by atoms with E-state index in [1.807, 2.05) is 53.4 Å². The topological polar surface area (TPSA) is 58.6 Å². The summed E-state index contributed by atoms with van der Waals surface area (Å²) in [5.41, 5.74) is 2.85. The number of amides is 2. The fourth-order valence-corrected chi connectivity index (χ4v) is 4.29. The monoisotopic (exact) mass is 408 g/mol. The van der Waals surface area contributed by atoms with Gasteiger partial charge in [-0.05, 0) is 37.0 Å². The first-order valence-corrected chi connectivity index (χ1v) is 10.9. The maximum Gasteiger partial charge on any atom is 0.229 e. The minimum absolute atomic E-state index is 0.0409. The Morgan fingerprint density at radius 1 is 1.13 bits per heavy atom. The summed E-state index contributed by atoms with van der Waals surface area (Å²) in [5.74, 6) is 0.449. The van der Waals surface area contributed by atoms with E-state index in [0.29, 0.717) is 25.1 Å². The molecule has 1 heterocycles. The van der Waals surface area contributed by atoms with Crippen molar-refractivity contribution >= 4 is 17.5 Å². The number of carbonyl (C=O) groups is 2. The number of aryl methyl sites for hydroxylation is 1. The molecule has 0 bridgehead atoms. The number of likely N-dealkylation sites (tertiary alicyclic amines) is 1. The molecule has 30 heavy (non-hydrogen) atoms. The van der Waals surface area contributed by atoms with Gasteiger partial charge in [0.25, 0.3) is 0 Å². The van der Waals surface area contributed by atoms with Gasteiger partial charge in [-0.15, -0.1) is 0 Å². The summed E-state index contributed by atoms with van der Waals surface area (Å²) in [5, 5.41) is 3.14. The number of methoxy groups -OCH3 is 1. The van der Waals surface area contributed by atoms with Crippen molar-refractivity contribution in [2.75, 3.05) is 19.0 Å². The number of rotatable bonds is 8. The zero-order valence-electron chi connectivity index (χ0n) is 18.2. The van der Waals surface area contributed by atoms with E-state index in [1.54, 1.807) is 7.11 Å². The third-order valence-electron chi connectivity index (χ3n) is 5.91. The molecular formula is C25H32N2O3. The predicted octanol–water partition coefficient (Wildman–Crippen LogP) is 4.98. The number of benzene rings is 2. The molecule has 2 aromatic rings. The van der Waals surface area contributed by atoms with Crippen molar-refractivity contribution < 1.29 is 14.3 Å². The Labute approximate surface area is 179 Å². The van der Waals surface area contributed by atoms with Crippen LogP contribution in [0.25, 0.3) is 0 Å². The van der Waals surface area contributed by atoms with Gasteiger partial charge in [0, 0.05) is 24.2 Å². The van der Waals surface area contributed by atoms with Crippen molar-refractivity contribution in [2.45, 2.75) is 52.0 Å². The molecule has 1 N–H and O–H groups in total. The summed E-state index contributed by atoms with van der Waals surface area (Å²) >= 11 is 0. The molecule has 3 rings (SSSR count). The average molecular weight is 409 g/mol. The van der Waals surface area contributed by atoms with Crippen LogP contribution in [0.1, 0.15) is 56.7 Å². The van der Waals surface area contributed by atoms with Crippen LogP contribution in [-0.4, -0.2) is 30.4 Å². The molecule has 5 heteroatoms. The molecule has 2 atom stereocenters. The number of ether oxygens (including phenoxy) is 1. The molecule has 1 saturated heterocycles. The number of carbonyl (C=O) groups excluding carboxylic acids is 2. The molecule has 0 aromatic heterocycles. The predicted molar refractivity (Wildman–Crippen MR) is 120 cm³/mol. The van der Waals surface area contributed by atoms with E-state index in [1.165, 1.54) is 0 Å². The van der Waals surface area contributed by atoms with E-state index >= 15 is 0 Å². The summed E-state index contributed by atoms with van der Waals surface area (Å²) in [7, 11) is 1.63. The zero-order chi connectivity index (χ0) is 21.5. The van der Waals surface area contributed by atoms with Gasteiger partial charge in [-0.1, -0.05) is 56.7 Å². The molecule has 1 aliphatic rings. The Bertz CT molecular complexity index is 880. The third-order valence-corrected chi connectivity index (χ3v) is 5.91. The first-order chi connectivity index (χ1) is 14.6. The summed E-state index contributed by atoms with van der Waals surface area (Å²) < 4.78 is 5.60. The van der Waals surface area contributed by atoms with Gasteiger partial charge in [-0.25, -0.2) is 0 Å². The molecule has 0 spiro atoms. The summed E-state index contributed by atoms with van der Waals surface area (Å²) in [4.78, 5) is 28.2. The van der Waals surface area contributed by atoms with E-state index in [4.69, 9.17) is 4.74 Å². The number of anilines is 1. The second-order valence-corrected chi connectivity index (χ2v) is 7.77. The van der Waals surface area contributed by atoms with Gasteiger partial charge in [-0.3, -0.25) is 9.59 Å². The van der Waals surface area contributed by atoms with Crippen molar-refractivity contribution in [2.24, 2.45) is 5.92 Å². The van der Waals surface area contributed by atoms with Gasteiger partial charge in [0.1, 0.15) is 5.75 Å². The van der Waals surface area contributed by atoms with Gasteiger partial charge in [0.15, 0.2) is 0 Å². The van der Waals surface area contributed by atoms with Crippen LogP contribution in [0.15, 0.2) is 48.5 Å². The van der Waals surface area contributed by atoms with Gasteiger partial charge in [0.2, 0.25) is 11.8 Å². The second kappa shape index (κ2) is 10.3. The highest BCUT2D eigenvalue weighted by Gasteiger charge is 2.41. The van der Waals surface area contributed by atoms with E-state index < -0.39 is 0 Å². The number of para-hydroxylation sites is 2. The maximum absolute atomic E-state index is 13.5. The van der Waals surface area contributed by atoms with E-state index in [-0.39, 0.29) is 23.8 Å². The van der Waals surface area contributed by atoms with Crippen LogP contribution in [0.4, 0.5) is 5.69 Å². The van der Waals surface area contributed by atoms with Gasteiger partial charge < -0.3 is 15.0 Å². The van der Waals surface area contributed by atoms with Crippen LogP contribution in [0, 0.1) is 5.92 Å². The van der Waals surface area contributed by atoms with Gasteiger partial charge >= 0.3 is 0 Å². The molecular weight excluding hydrogens is 376 g/mol. The maximum atomic E-state index is 13.5. The van der Waals surface area contributed by atoms with Crippen molar-refractivity contribution in [3.63, 3.8) is 0 Å². The van der Waals surface area contributed by atoms with Crippen LogP contribution in [-0.2, 0) is 16.0 Å². The number of nitrogens with one attached hydrogen (secondary N) is 1. The molecule has 0 radical (unpaired) electrons. The highest BCUT2D eigenvalue weighted by Crippen LogP contribution is 2.41. The quantitative estimate of drug-likeness (QED) is 0.670. The normalized spacial score (nSPS) is 18.9. The first-order valence-electron chi connectivity index (χ1n) is 10.9. The van der Waals surface area contributed by atoms with Crippen LogP contribution < -0.4 is 10.1 Å². The van der Waals surface area contributed by atoms with Crippen molar-refractivity contribution in [1.82, 2.24) is 4.90 Å². The molecule has 0 unspecified atom stereocenters. The molecule has 0 aliphatic carbocycles. The Morgan fingerprint density at radius 3 is 2.60 bits per heavy atom. The third kappa shape index (κ3) is 4.66. The van der Waals surface area contributed by atoms with Crippen LogP contribution in [0.2, 0.25) is 0 Å². The molecule has 160 valence electrons. The fourth-order valence-electron chi connectivity index (χ4n) is 4.29. The van der Waals surface area contributed by atoms with Gasteiger partial charge in [0.05, 0.1) is 19.1 Å². The molecule has 5 nitrogen and oxygen atoms in total. The van der Waals surface area contributed by atoms with Crippen LogP contribution in [0.5, 0.6) is 5.75 Å². The van der Waals surface area contributed by atoms with E-state index in [0.717, 1.165) is 36.1 Å². The standard InChI is InChI=1S/C25H32N2O3/c1-4-6-17-27-23(28)16-15-20(24(27)19-12-8-10-14-22(19)30-3)25(29)26-21-13-9-7-11-18(21)5-2/h7-14,20,24H,4-6,15-17H2,1-3H3,(H,26,29)/t20-,24+/m0/s1. The Morgan fingerprint density at radius 2 is 1.87 bits per heavy atom. The molecule has 2 aromatic carbocycles. The number of nitrogens with zero attached hydrogens (tertiary/aromatic N) is 1. The zero-order valence-corrected chi connectivity index (χ0v) is 18.2. The first kappa shape index (κ1) is 21.9. The Hall–Kier alpha value is -2.82. The average Bonchev–Trinajstić information content (AvgIpc) is 2.78.